The summed E-state index contributed by atoms with van der Waals surface area (Å²) in [6.07, 6.45) is 12.7. The molecule has 1 heterocycles. The van der Waals surface area contributed by atoms with Gasteiger partial charge in [-0.1, -0.05) is 13.8 Å². The molecule has 4 nitrogen and oxygen atoms in total. The Hall–Kier alpha value is -1.42. The van der Waals surface area contributed by atoms with Gasteiger partial charge in [0, 0.05) is 23.7 Å². The van der Waals surface area contributed by atoms with Gasteiger partial charge in [-0.2, -0.15) is 5.10 Å². The summed E-state index contributed by atoms with van der Waals surface area (Å²) in [6.45, 7) is 6.84. The first-order chi connectivity index (χ1) is 13.7. The number of nitrogens with zero attached hydrogens (tertiary/aromatic N) is 2. The van der Waals surface area contributed by atoms with E-state index in [0.717, 1.165) is 54.9 Å². The Balaban J connectivity index is 1.46. The van der Waals surface area contributed by atoms with Crippen LogP contribution in [0.2, 0.25) is 0 Å². The molecule has 7 atom stereocenters. The molecule has 0 spiro atoms. The molecule has 0 bridgehead atoms. The van der Waals surface area contributed by atoms with Gasteiger partial charge in [0.1, 0.15) is 0 Å². The summed E-state index contributed by atoms with van der Waals surface area (Å²) < 4.78 is 1.89. The van der Waals surface area contributed by atoms with E-state index >= 15 is 0 Å². The molecule has 4 aliphatic rings. The van der Waals surface area contributed by atoms with E-state index < -0.39 is 0 Å². The second kappa shape index (κ2) is 6.54. The van der Waals surface area contributed by atoms with Gasteiger partial charge in [-0.25, -0.2) is 0 Å². The van der Waals surface area contributed by atoms with Crippen LogP contribution in [0.25, 0.3) is 6.08 Å². The summed E-state index contributed by atoms with van der Waals surface area (Å²) in [5, 5.41) is 14.6. The lowest BCUT2D eigenvalue weighted by molar-refractivity contribution is -0.141. The quantitative estimate of drug-likeness (QED) is 0.701. The highest BCUT2D eigenvalue weighted by atomic mass is 16.3. The maximum atomic E-state index is 13.5. The molecule has 4 heteroatoms. The van der Waals surface area contributed by atoms with Crippen LogP contribution in [0.3, 0.4) is 0 Å². The van der Waals surface area contributed by atoms with Crippen LogP contribution >= 0.6 is 0 Å². The lowest BCUT2D eigenvalue weighted by Gasteiger charge is -2.59. The summed E-state index contributed by atoms with van der Waals surface area (Å²) in [6, 6.07) is 0. The average molecular weight is 397 g/mol. The van der Waals surface area contributed by atoms with Gasteiger partial charge in [-0.15, -0.1) is 0 Å². The molecule has 0 amide bonds. The minimum atomic E-state index is -0.180. The number of allylic oxidation sites excluding steroid dienone is 1. The topological polar surface area (TPSA) is 55.1 Å². The van der Waals surface area contributed by atoms with E-state index in [1.807, 2.05) is 17.9 Å². The van der Waals surface area contributed by atoms with Crippen LogP contribution in [0.4, 0.5) is 0 Å². The van der Waals surface area contributed by atoms with E-state index in [9.17, 15) is 9.90 Å². The SMILES string of the molecule is Cc1c(/C=C2\C[C@H]3[C@@H]4CC[C@H]5C[C@@H](O)CC[C@]5(C)[C@H]4CC[C@]3(C)C2=O)cnn1C. The Morgan fingerprint density at radius 2 is 1.97 bits per heavy atom. The zero-order chi connectivity index (χ0) is 20.6. The molecule has 1 aromatic heterocycles. The van der Waals surface area contributed by atoms with Crippen molar-refractivity contribution in [1.82, 2.24) is 9.78 Å². The van der Waals surface area contributed by atoms with Gasteiger partial charge in [-0.05, 0) is 99.0 Å². The lowest BCUT2D eigenvalue weighted by atomic mass is 9.45. The highest BCUT2D eigenvalue weighted by molar-refractivity contribution is 6.06. The van der Waals surface area contributed by atoms with Crippen molar-refractivity contribution in [1.29, 1.82) is 0 Å². The summed E-state index contributed by atoms with van der Waals surface area (Å²) in [4.78, 5) is 13.5. The lowest BCUT2D eigenvalue weighted by Crippen LogP contribution is -2.54. The highest BCUT2D eigenvalue weighted by Crippen LogP contribution is 2.66. The molecule has 0 aromatic carbocycles. The first-order valence-corrected chi connectivity index (χ1v) is 11.7. The number of aliphatic hydroxyl groups is 1. The number of aryl methyl sites for hydroxylation is 1. The molecular weight excluding hydrogens is 360 g/mol. The number of hydrogen-bond donors (Lipinski definition) is 1. The molecule has 0 unspecified atom stereocenters. The number of carbonyl (C=O) groups excluding carboxylic acids is 1. The summed E-state index contributed by atoms with van der Waals surface area (Å²) in [7, 11) is 1.96. The monoisotopic (exact) mass is 396 g/mol. The number of aromatic nitrogens is 2. The average Bonchev–Trinajstić information content (AvgIpc) is 3.14. The largest absolute Gasteiger partial charge is 0.393 e. The minimum absolute atomic E-state index is 0.0937. The second-order valence-electron chi connectivity index (χ2n) is 11.1. The van der Waals surface area contributed by atoms with Crippen molar-refractivity contribution in [3.8, 4) is 0 Å². The van der Waals surface area contributed by atoms with Crippen LogP contribution in [0.5, 0.6) is 0 Å². The highest BCUT2D eigenvalue weighted by Gasteiger charge is 2.61. The summed E-state index contributed by atoms with van der Waals surface area (Å²) >= 11 is 0. The van der Waals surface area contributed by atoms with Gasteiger partial charge in [0.15, 0.2) is 5.78 Å². The van der Waals surface area contributed by atoms with E-state index in [1.54, 1.807) is 0 Å². The normalized spacial score (nSPS) is 45.8. The molecule has 0 radical (unpaired) electrons. The van der Waals surface area contributed by atoms with E-state index in [-0.39, 0.29) is 11.5 Å². The number of carbonyl (C=O) groups is 1. The first kappa shape index (κ1) is 19.5. The third-order valence-electron chi connectivity index (χ3n) is 9.88. The van der Waals surface area contributed by atoms with Gasteiger partial charge in [0.25, 0.3) is 0 Å². The van der Waals surface area contributed by atoms with Crippen molar-refractivity contribution in [2.24, 2.45) is 41.5 Å². The predicted molar refractivity (Wildman–Crippen MR) is 114 cm³/mol. The van der Waals surface area contributed by atoms with Crippen LogP contribution in [0.1, 0.15) is 76.5 Å². The van der Waals surface area contributed by atoms with E-state index in [2.05, 4.69) is 31.9 Å². The standard InChI is InChI=1S/C25H36N2O2/c1-15-17(14-26-27(15)4)11-16-12-22-20-6-5-18-13-19(28)7-9-24(18,2)21(20)8-10-25(22,3)23(16)29/h11,14,18-22,28H,5-10,12-13H2,1-4H3/b16-11+/t18-,19-,20+,21-,22-,24-,25-/m0/s1. The van der Waals surface area contributed by atoms with Crippen LogP contribution in [-0.4, -0.2) is 26.8 Å². The van der Waals surface area contributed by atoms with Gasteiger partial charge < -0.3 is 5.11 Å². The number of ketones is 1. The Bertz CT molecular complexity index is 870. The third-order valence-corrected chi connectivity index (χ3v) is 9.88. The molecule has 158 valence electrons. The molecule has 4 fully saturated rings. The molecule has 1 aromatic rings. The van der Waals surface area contributed by atoms with E-state index in [1.165, 1.54) is 19.3 Å². The number of fused-ring (bicyclic) bond motifs is 5. The molecule has 0 aliphatic heterocycles. The van der Waals surface area contributed by atoms with Crippen molar-refractivity contribution >= 4 is 11.9 Å². The summed E-state index contributed by atoms with van der Waals surface area (Å²) in [5.74, 6) is 2.94. The molecule has 4 saturated carbocycles. The zero-order valence-electron chi connectivity index (χ0n) is 18.4. The number of rotatable bonds is 1. The summed E-state index contributed by atoms with van der Waals surface area (Å²) in [5.41, 5.74) is 3.42. The third kappa shape index (κ3) is 2.74. The van der Waals surface area contributed by atoms with Crippen molar-refractivity contribution in [2.75, 3.05) is 0 Å². The molecule has 4 aliphatic carbocycles. The number of hydrogen-bond acceptors (Lipinski definition) is 3. The van der Waals surface area contributed by atoms with Crippen molar-refractivity contribution in [3.63, 3.8) is 0 Å². The van der Waals surface area contributed by atoms with Crippen LogP contribution < -0.4 is 0 Å². The molecule has 1 N–H and O–H groups in total. The van der Waals surface area contributed by atoms with E-state index in [0.29, 0.717) is 29.0 Å². The fraction of sp³-hybridized carbons (Fsp3) is 0.760. The Kier molecular flexibility index (Phi) is 4.40. The van der Waals surface area contributed by atoms with Crippen molar-refractivity contribution in [2.45, 2.75) is 78.2 Å². The fourth-order valence-electron chi connectivity index (χ4n) is 7.88. The van der Waals surface area contributed by atoms with Crippen LogP contribution in [0.15, 0.2) is 11.8 Å². The fourth-order valence-corrected chi connectivity index (χ4v) is 7.88. The van der Waals surface area contributed by atoms with Crippen LogP contribution in [0, 0.1) is 41.4 Å². The van der Waals surface area contributed by atoms with Gasteiger partial charge >= 0.3 is 0 Å². The van der Waals surface area contributed by atoms with Crippen molar-refractivity contribution < 1.29 is 9.90 Å². The minimum Gasteiger partial charge on any atom is -0.393 e. The Labute approximate surface area is 174 Å². The maximum Gasteiger partial charge on any atom is 0.165 e. The predicted octanol–water partition coefficient (Wildman–Crippen LogP) is 4.69. The molecule has 5 rings (SSSR count). The van der Waals surface area contributed by atoms with Gasteiger partial charge in [0.2, 0.25) is 0 Å². The Morgan fingerprint density at radius 3 is 2.69 bits per heavy atom. The van der Waals surface area contributed by atoms with E-state index in [4.69, 9.17) is 0 Å². The first-order valence-electron chi connectivity index (χ1n) is 11.7. The molecule has 0 saturated heterocycles. The maximum absolute atomic E-state index is 13.5. The smallest absolute Gasteiger partial charge is 0.165 e. The van der Waals surface area contributed by atoms with Crippen molar-refractivity contribution in [3.05, 3.63) is 23.0 Å². The number of aliphatic hydroxyl groups excluding tert-OH is 1. The second-order valence-corrected chi connectivity index (χ2v) is 11.1. The molecular formula is C25H36N2O2. The zero-order valence-corrected chi connectivity index (χ0v) is 18.4. The van der Waals surface area contributed by atoms with Gasteiger partial charge in [0.05, 0.1) is 12.3 Å². The number of Topliss-reactive ketones (excluding diaryl/α,β-unsaturated/α-hetero) is 1. The van der Waals surface area contributed by atoms with Crippen LogP contribution in [-0.2, 0) is 11.8 Å². The Morgan fingerprint density at radius 1 is 1.17 bits per heavy atom. The molecule has 29 heavy (non-hydrogen) atoms. The van der Waals surface area contributed by atoms with Gasteiger partial charge in [-0.3, -0.25) is 9.48 Å².